The molecule has 0 bridgehead atoms. The van der Waals surface area contributed by atoms with Gasteiger partial charge in [0.25, 0.3) is 5.91 Å². The average Bonchev–Trinajstić information content (AvgIpc) is 3.10. The van der Waals surface area contributed by atoms with E-state index in [1.165, 1.54) is 16.2 Å². The highest BCUT2D eigenvalue weighted by atomic mass is 32.1. The monoisotopic (exact) mass is 399 g/mol. The van der Waals surface area contributed by atoms with Crippen molar-refractivity contribution in [2.24, 2.45) is 0 Å². The van der Waals surface area contributed by atoms with Gasteiger partial charge in [0.05, 0.1) is 5.56 Å². The zero-order valence-corrected chi connectivity index (χ0v) is 16.4. The molecule has 1 amide bonds. The molecule has 2 N–H and O–H groups in total. The highest BCUT2D eigenvalue weighted by Gasteiger charge is 2.23. The van der Waals surface area contributed by atoms with Crippen molar-refractivity contribution in [3.05, 3.63) is 69.6 Å². The summed E-state index contributed by atoms with van der Waals surface area (Å²) in [5.41, 5.74) is 2.19. The highest BCUT2D eigenvalue weighted by molar-refractivity contribution is 7.16. The maximum Gasteiger partial charge on any atom is 0.261 e. The van der Waals surface area contributed by atoms with Crippen molar-refractivity contribution in [2.45, 2.75) is 25.7 Å². The van der Waals surface area contributed by atoms with Gasteiger partial charge in [-0.1, -0.05) is 36.4 Å². The van der Waals surface area contributed by atoms with Crippen LogP contribution in [-0.2, 0) is 12.8 Å². The number of carbonyl (C=O) groups excluding carboxylic acids is 1. The molecular weight excluding hydrogens is 382 g/mol. The molecule has 29 heavy (non-hydrogen) atoms. The summed E-state index contributed by atoms with van der Waals surface area (Å²) in [6.45, 7) is 0. The molecule has 1 aliphatic rings. The van der Waals surface area contributed by atoms with E-state index in [0.717, 1.165) is 47.4 Å². The number of aryl methyl sites for hydroxylation is 1. The van der Waals surface area contributed by atoms with Crippen LogP contribution in [0.15, 0.2) is 46.9 Å². The summed E-state index contributed by atoms with van der Waals surface area (Å²) >= 11 is 1.47. The van der Waals surface area contributed by atoms with Crippen molar-refractivity contribution in [2.75, 3.05) is 5.32 Å². The summed E-state index contributed by atoms with van der Waals surface area (Å²) in [4.78, 5) is 14.1. The van der Waals surface area contributed by atoms with Crippen LogP contribution in [0.1, 0.15) is 39.2 Å². The average molecular weight is 399 g/mol. The first-order valence-corrected chi connectivity index (χ1v) is 10.3. The third kappa shape index (κ3) is 2.91. The first-order chi connectivity index (χ1) is 14.2. The van der Waals surface area contributed by atoms with Gasteiger partial charge in [-0.25, -0.2) is 0 Å². The van der Waals surface area contributed by atoms with Crippen molar-refractivity contribution >= 4 is 44.0 Å². The number of nitrogens with zero attached hydrogens (tertiary/aromatic N) is 1. The number of anilines is 1. The summed E-state index contributed by atoms with van der Waals surface area (Å²) in [6, 6.07) is 15.6. The molecule has 0 spiro atoms. The lowest BCUT2D eigenvalue weighted by Crippen LogP contribution is -2.20. The Morgan fingerprint density at radius 2 is 1.93 bits per heavy atom. The van der Waals surface area contributed by atoms with E-state index in [0.29, 0.717) is 16.1 Å². The minimum absolute atomic E-state index is 0.156. The Bertz CT molecular complexity index is 1390. The smallest absolute Gasteiger partial charge is 0.261 e. The Labute approximate surface area is 170 Å². The largest absolute Gasteiger partial charge is 0.437 e. The van der Waals surface area contributed by atoms with E-state index in [1.807, 2.05) is 36.4 Å². The predicted molar refractivity (Wildman–Crippen MR) is 113 cm³/mol. The van der Waals surface area contributed by atoms with Crippen molar-refractivity contribution in [1.82, 2.24) is 0 Å². The van der Waals surface area contributed by atoms with Crippen LogP contribution >= 0.6 is 11.3 Å². The first kappa shape index (κ1) is 17.7. The van der Waals surface area contributed by atoms with Crippen LogP contribution in [0.5, 0.6) is 0 Å². The lowest BCUT2D eigenvalue weighted by molar-refractivity contribution is 0.102. The maximum atomic E-state index is 12.9. The normalized spacial score (nSPS) is 13.2. The number of nitrogens with one attached hydrogen (secondary N) is 2. The van der Waals surface area contributed by atoms with Crippen molar-refractivity contribution in [1.29, 1.82) is 10.7 Å². The van der Waals surface area contributed by atoms with E-state index in [2.05, 4.69) is 11.4 Å². The molecule has 0 atom stereocenters. The molecule has 142 valence electrons. The van der Waals surface area contributed by atoms with Gasteiger partial charge in [0.2, 0.25) is 5.55 Å². The number of benzene rings is 2. The minimum atomic E-state index is -0.427. The molecule has 0 fully saturated rings. The molecule has 6 heteroatoms. The lowest BCUT2D eigenvalue weighted by Gasteiger charge is -2.09. The summed E-state index contributed by atoms with van der Waals surface area (Å²) in [5, 5.41) is 24.0. The maximum absolute atomic E-state index is 12.9. The number of carbonyl (C=O) groups is 1. The zero-order chi connectivity index (χ0) is 20.0. The molecular formula is C23H17N3O2S. The summed E-state index contributed by atoms with van der Waals surface area (Å²) in [6.07, 6.45) is 4.01. The Kier molecular flexibility index (Phi) is 4.18. The van der Waals surface area contributed by atoms with Gasteiger partial charge >= 0.3 is 0 Å². The standard InChI is InChI=1S/C23H17N3O2S/c24-12-18-16-7-3-4-8-19(16)29-23(18)26-22(27)17-11-14-10-9-13-5-1-2-6-15(13)20(14)28-21(17)25/h1-2,5-6,9-11,25H,3-4,7-8H2,(H,26,27). The molecule has 2 aromatic carbocycles. The molecule has 2 heterocycles. The van der Waals surface area contributed by atoms with E-state index in [4.69, 9.17) is 9.83 Å². The zero-order valence-electron chi connectivity index (χ0n) is 15.5. The van der Waals surface area contributed by atoms with Gasteiger partial charge in [0, 0.05) is 15.6 Å². The van der Waals surface area contributed by atoms with E-state index >= 15 is 0 Å². The molecule has 0 aliphatic heterocycles. The second-order valence-electron chi connectivity index (χ2n) is 7.18. The minimum Gasteiger partial charge on any atom is -0.437 e. The molecule has 5 nitrogen and oxygen atoms in total. The van der Waals surface area contributed by atoms with Crippen LogP contribution in [0.2, 0.25) is 0 Å². The predicted octanol–water partition coefficient (Wildman–Crippen LogP) is 5.13. The Morgan fingerprint density at radius 3 is 2.79 bits per heavy atom. The second kappa shape index (κ2) is 6.87. The van der Waals surface area contributed by atoms with Gasteiger partial charge in [-0.2, -0.15) is 5.26 Å². The topological polar surface area (TPSA) is 89.9 Å². The molecule has 1 aliphatic carbocycles. The van der Waals surface area contributed by atoms with Crippen molar-refractivity contribution in [3.8, 4) is 6.07 Å². The number of amides is 1. The number of hydrogen-bond acceptors (Lipinski definition) is 5. The Balaban J connectivity index is 1.56. The summed E-state index contributed by atoms with van der Waals surface area (Å²) < 4.78 is 5.75. The van der Waals surface area contributed by atoms with Gasteiger partial charge in [-0.15, -0.1) is 11.3 Å². The van der Waals surface area contributed by atoms with Gasteiger partial charge in [0.1, 0.15) is 22.2 Å². The molecule has 0 radical (unpaired) electrons. The van der Waals surface area contributed by atoms with Crippen molar-refractivity contribution < 1.29 is 9.21 Å². The van der Waals surface area contributed by atoms with E-state index < -0.39 is 5.91 Å². The first-order valence-electron chi connectivity index (χ1n) is 9.52. The SMILES string of the molecule is N#Cc1c(NC(=O)c2cc3ccc4ccccc4c3oc2=N)sc2c1CCCC2. The van der Waals surface area contributed by atoms with Crippen LogP contribution in [0.4, 0.5) is 5.00 Å². The molecule has 0 saturated carbocycles. The number of thiophene rings is 1. The Hall–Kier alpha value is -3.43. The molecule has 0 unspecified atom stereocenters. The lowest BCUT2D eigenvalue weighted by atomic mass is 9.96. The van der Waals surface area contributed by atoms with Crippen LogP contribution < -0.4 is 10.9 Å². The van der Waals surface area contributed by atoms with Crippen LogP contribution in [-0.4, -0.2) is 5.91 Å². The highest BCUT2D eigenvalue weighted by Crippen LogP contribution is 2.37. The fraction of sp³-hybridized carbons (Fsp3) is 0.174. The van der Waals surface area contributed by atoms with Crippen LogP contribution in [0.25, 0.3) is 21.7 Å². The van der Waals surface area contributed by atoms with Crippen LogP contribution in [0, 0.1) is 16.7 Å². The summed E-state index contributed by atoms with van der Waals surface area (Å²) in [5.74, 6) is -0.427. The van der Waals surface area contributed by atoms with Crippen molar-refractivity contribution in [3.63, 3.8) is 0 Å². The van der Waals surface area contributed by atoms with E-state index in [1.54, 1.807) is 6.07 Å². The Morgan fingerprint density at radius 1 is 1.14 bits per heavy atom. The number of fused-ring (bicyclic) bond motifs is 4. The van der Waals surface area contributed by atoms with Gasteiger partial charge < -0.3 is 9.73 Å². The van der Waals surface area contributed by atoms with Crippen LogP contribution in [0.3, 0.4) is 0 Å². The van der Waals surface area contributed by atoms with Gasteiger partial charge in [-0.05, 0) is 42.7 Å². The quantitative estimate of drug-likeness (QED) is 0.458. The molecule has 4 aromatic rings. The fourth-order valence-electron chi connectivity index (χ4n) is 3.98. The van der Waals surface area contributed by atoms with Gasteiger partial charge in [-0.3, -0.25) is 10.2 Å². The third-order valence-corrected chi connectivity index (χ3v) is 6.62. The third-order valence-electron chi connectivity index (χ3n) is 5.41. The number of hydrogen-bond donors (Lipinski definition) is 2. The van der Waals surface area contributed by atoms with Gasteiger partial charge in [0.15, 0.2) is 0 Å². The van der Waals surface area contributed by atoms with E-state index in [-0.39, 0.29) is 11.1 Å². The van der Waals surface area contributed by atoms with E-state index in [9.17, 15) is 10.1 Å². The second-order valence-corrected chi connectivity index (χ2v) is 8.28. The molecule has 0 saturated heterocycles. The summed E-state index contributed by atoms with van der Waals surface area (Å²) in [7, 11) is 0. The fourth-order valence-corrected chi connectivity index (χ4v) is 5.21. The molecule has 5 rings (SSSR count). The number of nitriles is 1. The molecule has 2 aromatic heterocycles. The number of rotatable bonds is 2.